The van der Waals surface area contributed by atoms with Gasteiger partial charge < -0.3 is 12.9 Å². The molecule has 0 amide bonds. The molecular formula is C2HBF3K. The minimum absolute atomic E-state index is 0. The Morgan fingerprint density at radius 1 is 1.29 bits per heavy atom. The summed E-state index contributed by atoms with van der Waals surface area (Å²) in [4.78, 5) is 0. The summed E-state index contributed by atoms with van der Waals surface area (Å²) < 4.78 is 31.8. The summed E-state index contributed by atoms with van der Waals surface area (Å²) in [5.41, 5.74) is 0. The largest absolute Gasteiger partial charge is 1.00 e. The average Bonchev–Trinajstić information content (AvgIpc) is 1.35. The number of rotatable bonds is 0. The van der Waals surface area contributed by atoms with Crippen molar-refractivity contribution in [3.8, 4) is 12.2 Å². The summed E-state index contributed by atoms with van der Waals surface area (Å²) >= 11 is 0. The summed E-state index contributed by atoms with van der Waals surface area (Å²) in [5.74, 6) is 0.667. The maximum atomic E-state index is 10.6. The first-order valence-corrected chi connectivity index (χ1v) is 1.23. The zero-order valence-corrected chi connectivity index (χ0v) is 6.91. The molecule has 0 radical (unpaired) electrons. The first kappa shape index (κ1) is 10.9. The van der Waals surface area contributed by atoms with Gasteiger partial charge in [-0.25, -0.2) is 5.82 Å². The SMILES string of the molecule is C#C[B-](F)(F)F.[K+]. The summed E-state index contributed by atoms with van der Waals surface area (Å²) in [7, 11) is 0. The van der Waals surface area contributed by atoms with Crippen LogP contribution in [0.15, 0.2) is 0 Å². The Kier molecular flexibility index (Phi) is 6.22. The van der Waals surface area contributed by atoms with Crippen molar-refractivity contribution in [3.05, 3.63) is 0 Å². The van der Waals surface area contributed by atoms with Crippen LogP contribution in [-0.2, 0) is 0 Å². The average molecular weight is 132 g/mol. The molecule has 0 aliphatic heterocycles. The van der Waals surface area contributed by atoms with Crippen molar-refractivity contribution < 1.29 is 64.3 Å². The second kappa shape index (κ2) is 3.98. The van der Waals surface area contributed by atoms with Gasteiger partial charge >= 0.3 is 58.4 Å². The number of hydrogen-bond acceptors (Lipinski definition) is 0. The molecule has 7 heavy (non-hydrogen) atoms. The molecule has 0 unspecified atom stereocenters. The normalized spacial score (nSPS) is 8.86. The molecule has 0 rings (SSSR count). The van der Waals surface area contributed by atoms with Crippen molar-refractivity contribution in [1.82, 2.24) is 0 Å². The molecule has 0 aliphatic carbocycles. The topological polar surface area (TPSA) is 0 Å². The van der Waals surface area contributed by atoms with E-state index in [2.05, 4.69) is 6.42 Å². The summed E-state index contributed by atoms with van der Waals surface area (Å²) in [6.45, 7) is -4.96. The fraction of sp³-hybridized carbons (Fsp3) is 0. The second-order valence-electron chi connectivity index (χ2n) is 0.741. The van der Waals surface area contributed by atoms with Gasteiger partial charge in [0.25, 0.3) is 0 Å². The van der Waals surface area contributed by atoms with Gasteiger partial charge in [0, 0.05) is 0 Å². The monoisotopic (exact) mass is 132 g/mol. The fourth-order valence-corrected chi connectivity index (χ4v) is 0. The predicted molar refractivity (Wildman–Crippen MR) is 17.9 cm³/mol. The van der Waals surface area contributed by atoms with Crippen LogP contribution >= 0.6 is 0 Å². The van der Waals surface area contributed by atoms with Crippen molar-refractivity contribution in [2.75, 3.05) is 0 Å². The third-order valence-electron chi connectivity index (χ3n) is 0.189. The van der Waals surface area contributed by atoms with Gasteiger partial charge in [0.15, 0.2) is 0 Å². The third kappa shape index (κ3) is 11.0. The van der Waals surface area contributed by atoms with Gasteiger partial charge in [0.05, 0.1) is 0 Å². The van der Waals surface area contributed by atoms with Crippen molar-refractivity contribution >= 4 is 6.98 Å². The van der Waals surface area contributed by atoms with Gasteiger partial charge in [-0.15, -0.1) is 0 Å². The molecule has 0 aromatic carbocycles. The number of hydrogen-bond donors (Lipinski definition) is 0. The maximum absolute atomic E-state index is 10.6. The van der Waals surface area contributed by atoms with Gasteiger partial charge in [0.2, 0.25) is 0 Å². The molecule has 0 saturated carbocycles. The minimum atomic E-state index is -4.96. The van der Waals surface area contributed by atoms with E-state index < -0.39 is 6.98 Å². The molecule has 0 aromatic heterocycles. The van der Waals surface area contributed by atoms with Crippen molar-refractivity contribution in [1.29, 1.82) is 0 Å². The Bertz CT molecular complexity index is 79.9. The Balaban J connectivity index is 0. The Morgan fingerprint density at radius 2 is 1.43 bits per heavy atom. The summed E-state index contributed by atoms with van der Waals surface area (Å²) in [5, 5.41) is 0. The van der Waals surface area contributed by atoms with E-state index in [1.165, 1.54) is 0 Å². The van der Waals surface area contributed by atoms with Crippen LogP contribution < -0.4 is 51.4 Å². The van der Waals surface area contributed by atoms with E-state index in [9.17, 15) is 12.9 Å². The molecule has 0 bridgehead atoms. The summed E-state index contributed by atoms with van der Waals surface area (Å²) in [6.07, 6.45) is 3.96. The van der Waals surface area contributed by atoms with Crippen LogP contribution in [0, 0.1) is 12.2 Å². The van der Waals surface area contributed by atoms with E-state index in [0.29, 0.717) is 5.82 Å². The van der Waals surface area contributed by atoms with Gasteiger partial charge in [-0.1, -0.05) is 0 Å². The van der Waals surface area contributed by atoms with E-state index in [-0.39, 0.29) is 51.4 Å². The van der Waals surface area contributed by atoms with E-state index in [0.717, 1.165) is 0 Å². The minimum Gasteiger partial charge on any atom is -0.438 e. The summed E-state index contributed by atoms with van der Waals surface area (Å²) in [6, 6.07) is 0. The number of terminal acetylenes is 1. The Labute approximate surface area is 82.3 Å². The Morgan fingerprint density at radius 3 is 1.43 bits per heavy atom. The van der Waals surface area contributed by atoms with Gasteiger partial charge in [-0.2, -0.15) is 6.42 Å². The Hall–Kier alpha value is 1.05. The molecule has 0 saturated heterocycles. The van der Waals surface area contributed by atoms with Crippen molar-refractivity contribution in [2.24, 2.45) is 0 Å². The first-order valence-electron chi connectivity index (χ1n) is 1.23. The zero-order valence-electron chi connectivity index (χ0n) is 3.79. The maximum Gasteiger partial charge on any atom is 1.00 e. The van der Waals surface area contributed by atoms with Crippen LogP contribution in [0.25, 0.3) is 0 Å². The molecule has 0 atom stereocenters. The quantitative estimate of drug-likeness (QED) is 0.264. The molecule has 5 heteroatoms. The predicted octanol–water partition coefficient (Wildman–Crippen LogP) is -1.99. The van der Waals surface area contributed by atoms with Crippen molar-refractivity contribution in [2.45, 2.75) is 0 Å². The zero-order chi connectivity index (χ0) is 5.21. The molecule has 0 nitrogen and oxygen atoms in total. The number of halogens is 3. The van der Waals surface area contributed by atoms with E-state index in [1.54, 1.807) is 0 Å². The van der Waals surface area contributed by atoms with Crippen LogP contribution in [0.5, 0.6) is 0 Å². The first-order chi connectivity index (χ1) is 2.56. The van der Waals surface area contributed by atoms with E-state index in [1.807, 2.05) is 0 Å². The smallest absolute Gasteiger partial charge is 0.438 e. The molecular weight excluding hydrogens is 131 g/mol. The van der Waals surface area contributed by atoms with E-state index >= 15 is 0 Å². The van der Waals surface area contributed by atoms with Crippen LogP contribution in [0.3, 0.4) is 0 Å². The molecule has 0 aliphatic rings. The van der Waals surface area contributed by atoms with E-state index in [4.69, 9.17) is 0 Å². The molecule has 0 N–H and O–H groups in total. The second-order valence-corrected chi connectivity index (χ2v) is 0.741. The molecule has 0 spiro atoms. The van der Waals surface area contributed by atoms with Crippen LogP contribution in [0.2, 0.25) is 0 Å². The van der Waals surface area contributed by atoms with Gasteiger partial charge in [-0.05, 0) is 0 Å². The molecule has 0 heterocycles. The molecule has 0 aromatic rings. The fourth-order valence-electron chi connectivity index (χ4n) is 0. The van der Waals surface area contributed by atoms with Crippen LogP contribution in [-0.4, -0.2) is 6.98 Å². The van der Waals surface area contributed by atoms with Crippen LogP contribution in [0.4, 0.5) is 12.9 Å². The van der Waals surface area contributed by atoms with Gasteiger partial charge in [0.1, 0.15) is 0 Å². The van der Waals surface area contributed by atoms with Gasteiger partial charge in [-0.3, -0.25) is 0 Å². The standard InChI is InChI=1S/C2HBF3.K/c1-2-3(4,5)6;/h1H;/q-1;+1. The van der Waals surface area contributed by atoms with Crippen LogP contribution in [0.1, 0.15) is 0 Å². The molecule has 34 valence electrons. The van der Waals surface area contributed by atoms with Crippen molar-refractivity contribution in [3.63, 3.8) is 0 Å². The third-order valence-corrected chi connectivity index (χ3v) is 0.189. The molecule has 0 fully saturated rings.